The van der Waals surface area contributed by atoms with Crippen LogP contribution in [0, 0.1) is 12.8 Å². The molecule has 0 amide bonds. The van der Waals surface area contributed by atoms with E-state index in [1.165, 1.54) is 4.88 Å². The zero-order valence-electron chi connectivity index (χ0n) is 11.9. The number of nitrogens with one attached hydrogen (secondary N) is 2. The molecular weight excluding hydrogens is 244 g/mol. The maximum Gasteiger partial charge on any atom is 0.191 e. The molecule has 102 valence electrons. The van der Waals surface area contributed by atoms with E-state index >= 15 is 0 Å². The molecule has 1 aromatic rings. The van der Waals surface area contributed by atoms with Crippen molar-refractivity contribution in [3.05, 3.63) is 16.1 Å². The predicted molar refractivity (Wildman–Crippen MR) is 79.1 cm³/mol. The van der Waals surface area contributed by atoms with Crippen molar-refractivity contribution in [3.63, 3.8) is 0 Å². The standard InChI is InChI=1S/C13H24N4S/c1-6-14-13(17-10(4)9(2)3)15-7-12-11(5)16-8-18-12/h8-10H,6-7H2,1-5H3,(H2,14,15,17). The summed E-state index contributed by atoms with van der Waals surface area (Å²) in [6, 6.07) is 0.408. The van der Waals surface area contributed by atoms with Crippen molar-refractivity contribution in [2.75, 3.05) is 6.54 Å². The largest absolute Gasteiger partial charge is 0.357 e. The summed E-state index contributed by atoms with van der Waals surface area (Å²) in [7, 11) is 0. The zero-order valence-corrected chi connectivity index (χ0v) is 12.8. The highest BCUT2D eigenvalue weighted by molar-refractivity contribution is 7.09. The van der Waals surface area contributed by atoms with Crippen molar-refractivity contribution in [2.24, 2.45) is 10.9 Å². The Bertz CT molecular complexity index is 384. The van der Waals surface area contributed by atoms with Gasteiger partial charge in [-0.05, 0) is 26.7 Å². The highest BCUT2D eigenvalue weighted by Crippen LogP contribution is 2.12. The van der Waals surface area contributed by atoms with E-state index in [0.29, 0.717) is 18.5 Å². The Kier molecular flexibility index (Phi) is 6.12. The maximum atomic E-state index is 4.60. The monoisotopic (exact) mass is 268 g/mol. The Morgan fingerprint density at radius 3 is 2.67 bits per heavy atom. The normalized spacial score (nSPS) is 13.8. The third-order valence-corrected chi connectivity index (χ3v) is 3.85. The minimum Gasteiger partial charge on any atom is -0.357 e. The van der Waals surface area contributed by atoms with E-state index in [4.69, 9.17) is 0 Å². The first-order chi connectivity index (χ1) is 8.54. The molecule has 5 heteroatoms. The van der Waals surface area contributed by atoms with Crippen LogP contribution in [0.1, 0.15) is 38.3 Å². The molecule has 18 heavy (non-hydrogen) atoms. The molecule has 0 fully saturated rings. The Morgan fingerprint density at radius 2 is 2.17 bits per heavy atom. The van der Waals surface area contributed by atoms with Crippen LogP contribution in [0.15, 0.2) is 10.5 Å². The molecule has 1 aromatic heterocycles. The lowest BCUT2D eigenvalue weighted by Gasteiger charge is -2.20. The van der Waals surface area contributed by atoms with Crippen LogP contribution in [0.25, 0.3) is 0 Å². The second kappa shape index (κ2) is 7.36. The third-order valence-electron chi connectivity index (χ3n) is 2.93. The van der Waals surface area contributed by atoms with E-state index in [1.807, 2.05) is 12.4 Å². The first-order valence-corrected chi connectivity index (χ1v) is 7.36. The van der Waals surface area contributed by atoms with Crippen LogP contribution < -0.4 is 10.6 Å². The number of nitrogens with zero attached hydrogens (tertiary/aromatic N) is 2. The zero-order chi connectivity index (χ0) is 13.5. The van der Waals surface area contributed by atoms with Gasteiger partial charge < -0.3 is 10.6 Å². The Balaban J connectivity index is 2.63. The maximum absolute atomic E-state index is 4.60. The number of hydrogen-bond donors (Lipinski definition) is 2. The molecule has 0 radical (unpaired) electrons. The van der Waals surface area contributed by atoms with Gasteiger partial charge in [0.1, 0.15) is 0 Å². The van der Waals surface area contributed by atoms with Gasteiger partial charge in [-0.15, -0.1) is 11.3 Å². The van der Waals surface area contributed by atoms with Crippen LogP contribution in [0.4, 0.5) is 0 Å². The van der Waals surface area contributed by atoms with E-state index in [2.05, 4.69) is 48.3 Å². The second-order valence-corrected chi connectivity index (χ2v) is 5.67. The third kappa shape index (κ3) is 4.64. The number of aliphatic imine (C=N–C) groups is 1. The molecular formula is C13H24N4S. The summed E-state index contributed by atoms with van der Waals surface area (Å²) in [5, 5.41) is 6.70. The Morgan fingerprint density at radius 1 is 1.44 bits per heavy atom. The van der Waals surface area contributed by atoms with Gasteiger partial charge in [-0.3, -0.25) is 0 Å². The minimum atomic E-state index is 0.408. The van der Waals surface area contributed by atoms with Gasteiger partial charge >= 0.3 is 0 Å². The molecule has 0 bridgehead atoms. The highest BCUT2D eigenvalue weighted by Gasteiger charge is 2.09. The number of aryl methyl sites for hydroxylation is 1. The number of hydrogen-bond acceptors (Lipinski definition) is 3. The van der Waals surface area contributed by atoms with Crippen LogP contribution in [-0.4, -0.2) is 23.5 Å². The minimum absolute atomic E-state index is 0.408. The lowest BCUT2D eigenvalue weighted by Crippen LogP contribution is -2.44. The van der Waals surface area contributed by atoms with Crippen molar-refractivity contribution in [3.8, 4) is 0 Å². The topological polar surface area (TPSA) is 49.3 Å². The van der Waals surface area contributed by atoms with Crippen molar-refractivity contribution in [2.45, 2.75) is 47.2 Å². The molecule has 0 aliphatic carbocycles. The molecule has 1 heterocycles. The molecule has 0 saturated heterocycles. The first-order valence-electron chi connectivity index (χ1n) is 6.48. The average molecular weight is 268 g/mol. The number of guanidine groups is 1. The lowest BCUT2D eigenvalue weighted by molar-refractivity contribution is 0.481. The molecule has 2 N–H and O–H groups in total. The SMILES string of the molecule is CCNC(=NCc1scnc1C)NC(C)C(C)C. The number of aromatic nitrogens is 1. The molecule has 1 atom stereocenters. The second-order valence-electron chi connectivity index (χ2n) is 4.73. The first kappa shape index (κ1) is 15.0. The summed E-state index contributed by atoms with van der Waals surface area (Å²) in [5.74, 6) is 1.46. The predicted octanol–water partition coefficient (Wildman–Crippen LogP) is 2.55. The fourth-order valence-corrected chi connectivity index (χ4v) is 2.03. The quantitative estimate of drug-likeness (QED) is 0.637. The van der Waals surface area contributed by atoms with E-state index < -0.39 is 0 Å². The van der Waals surface area contributed by atoms with Crippen molar-refractivity contribution in [1.29, 1.82) is 0 Å². The summed E-state index contributed by atoms with van der Waals surface area (Å²) in [6.45, 7) is 12.3. The molecule has 0 aromatic carbocycles. The van der Waals surface area contributed by atoms with Crippen molar-refractivity contribution >= 4 is 17.3 Å². The highest BCUT2D eigenvalue weighted by atomic mass is 32.1. The van der Waals surface area contributed by atoms with Gasteiger partial charge in [0.15, 0.2) is 5.96 Å². The van der Waals surface area contributed by atoms with Crippen LogP contribution in [-0.2, 0) is 6.54 Å². The summed E-state index contributed by atoms with van der Waals surface area (Å²) in [6.07, 6.45) is 0. The number of rotatable bonds is 5. The Labute approximate surface area is 114 Å². The van der Waals surface area contributed by atoms with Crippen molar-refractivity contribution < 1.29 is 0 Å². The van der Waals surface area contributed by atoms with Crippen LogP contribution in [0.2, 0.25) is 0 Å². The molecule has 0 saturated carbocycles. The van der Waals surface area contributed by atoms with Gasteiger partial charge in [0.05, 0.1) is 17.7 Å². The van der Waals surface area contributed by atoms with Gasteiger partial charge in [-0.2, -0.15) is 0 Å². The van der Waals surface area contributed by atoms with Crippen LogP contribution in [0.5, 0.6) is 0 Å². The summed E-state index contributed by atoms with van der Waals surface area (Å²) >= 11 is 1.66. The smallest absolute Gasteiger partial charge is 0.191 e. The Hall–Kier alpha value is -1.10. The molecule has 0 spiro atoms. The van der Waals surface area contributed by atoms with E-state index in [9.17, 15) is 0 Å². The van der Waals surface area contributed by atoms with Gasteiger partial charge in [0, 0.05) is 17.5 Å². The lowest BCUT2D eigenvalue weighted by atomic mass is 10.1. The summed E-state index contributed by atoms with van der Waals surface area (Å²) in [5.41, 5.74) is 2.95. The van der Waals surface area contributed by atoms with E-state index in [0.717, 1.165) is 18.2 Å². The fourth-order valence-electron chi connectivity index (χ4n) is 1.33. The van der Waals surface area contributed by atoms with E-state index in [-0.39, 0.29) is 0 Å². The van der Waals surface area contributed by atoms with Gasteiger partial charge in [-0.1, -0.05) is 13.8 Å². The number of thiazole rings is 1. The molecule has 0 aliphatic heterocycles. The molecule has 1 rings (SSSR count). The summed E-state index contributed by atoms with van der Waals surface area (Å²) < 4.78 is 0. The molecule has 1 unspecified atom stereocenters. The molecule has 0 aliphatic rings. The fraction of sp³-hybridized carbons (Fsp3) is 0.692. The van der Waals surface area contributed by atoms with Gasteiger partial charge in [0.2, 0.25) is 0 Å². The van der Waals surface area contributed by atoms with Gasteiger partial charge in [0.25, 0.3) is 0 Å². The molecule has 4 nitrogen and oxygen atoms in total. The average Bonchev–Trinajstić information content (AvgIpc) is 2.72. The van der Waals surface area contributed by atoms with Crippen molar-refractivity contribution in [1.82, 2.24) is 15.6 Å². The van der Waals surface area contributed by atoms with E-state index in [1.54, 1.807) is 11.3 Å². The van der Waals surface area contributed by atoms with Crippen LogP contribution >= 0.6 is 11.3 Å². The van der Waals surface area contributed by atoms with Crippen LogP contribution in [0.3, 0.4) is 0 Å². The summed E-state index contributed by atoms with van der Waals surface area (Å²) in [4.78, 5) is 10.1. The van der Waals surface area contributed by atoms with Gasteiger partial charge in [-0.25, -0.2) is 9.98 Å².